The van der Waals surface area contributed by atoms with Crippen LogP contribution in [-0.2, 0) is 65.4 Å². The van der Waals surface area contributed by atoms with Crippen LogP contribution in [0.15, 0.2) is 0 Å². The number of aliphatic hydroxyl groups is 1. The fraction of sp³-hybridized carbons (Fsp3) is 0.944. The van der Waals surface area contributed by atoms with Gasteiger partial charge in [-0.2, -0.15) is 0 Å². The Morgan fingerprint density at radius 1 is 0.322 bits per heavy atom. The van der Waals surface area contributed by atoms with Gasteiger partial charge in [0.05, 0.1) is 26.4 Å². The quantitative estimate of drug-likeness (QED) is 0.0222. The molecule has 19 heteroatoms. The van der Waals surface area contributed by atoms with Gasteiger partial charge in [0.1, 0.15) is 19.3 Å². The molecule has 0 aromatic carbocycles. The lowest BCUT2D eigenvalue weighted by atomic mass is 9.99. The summed E-state index contributed by atoms with van der Waals surface area (Å²) in [5.41, 5.74) is 0. The summed E-state index contributed by atoms with van der Waals surface area (Å²) in [6, 6.07) is 0. The summed E-state index contributed by atoms with van der Waals surface area (Å²) in [5.74, 6) is -0.538. The van der Waals surface area contributed by atoms with Gasteiger partial charge in [-0.15, -0.1) is 0 Å². The molecule has 0 heterocycles. The number of carbonyl (C=O) groups is 4. The minimum Gasteiger partial charge on any atom is -0.462 e. The highest BCUT2D eigenvalue weighted by Crippen LogP contribution is 2.45. The summed E-state index contributed by atoms with van der Waals surface area (Å²) in [6.45, 7) is 9.56. The molecule has 0 aliphatic heterocycles. The molecule has 17 nitrogen and oxygen atoms in total. The number of aliphatic hydroxyl groups excluding tert-OH is 1. The van der Waals surface area contributed by atoms with Crippen LogP contribution in [0.5, 0.6) is 0 Å². The zero-order valence-electron chi connectivity index (χ0n) is 58.4. The molecule has 90 heavy (non-hydrogen) atoms. The van der Waals surface area contributed by atoms with E-state index in [4.69, 9.17) is 37.0 Å². The van der Waals surface area contributed by atoms with Gasteiger partial charge >= 0.3 is 39.5 Å². The van der Waals surface area contributed by atoms with E-state index in [-0.39, 0.29) is 25.7 Å². The highest BCUT2D eigenvalue weighted by atomic mass is 31.2. The topological polar surface area (TPSA) is 237 Å². The maximum Gasteiger partial charge on any atom is 0.472 e. The van der Waals surface area contributed by atoms with Crippen molar-refractivity contribution in [2.75, 3.05) is 39.6 Å². The molecule has 6 atom stereocenters. The SMILES string of the molecule is CCCCCCCCCCCCCC(=O)O[C@H](COC(=O)CCCCCCCCCC)COP(=O)(O)OC[C@H](O)COP(=O)(O)OC[C@@H](COC(=O)CCCCCCCCCCC(C)CC)OC(=O)CCCCCCCCCCCCCCCCCCC(C)C. The summed E-state index contributed by atoms with van der Waals surface area (Å²) in [5, 5.41) is 10.6. The van der Waals surface area contributed by atoms with Crippen molar-refractivity contribution in [3.05, 3.63) is 0 Å². The molecule has 0 fully saturated rings. The molecule has 0 bridgehead atoms. The number of carbonyl (C=O) groups excluding carboxylic acids is 4. The Hall–Kier alpha value is -1.94. The second-order valence-electron chi connectivity index (χ2n) is 26.3. The summed E-state index contributed by atoms with van der Waals surface area (Å²) in [7, 11) is -9.90. The van der Waals surface area contributed by atoms with Crippen molar-refractivity contribution in [2.45, 2.75) is 381 Å². The van der Waals surface area contributed by atoms with Crippen molar-refractivity contribution in [2.24, 2.45) is 11.8 Å². The third kappa shape index (κ3) is 63.5. The summed E-state index contributed by atoms with van der Waals surface area (Å²) >= 11 is 0. The molecule has 0 saturated carbocycles. The summed E-state index contributed by atoms with van der Waals surface area (Å²) in [6.07, 6.45) is 48.5. The molecule has 0 spiro atoms. The van der Waals surface area contributed by atoms with Crippen LogP contribution in [0.25, 0.3) is 0 Å². The predicted molar refractivity (Wildman–Crippen MR) is 363 cm³/mol. The largest absolute Gasteiger partial charge is 0.472 e. The molecule has 0 radical (unpaired) electrons. The maximum absolute atomic E-state index is 13.0. The number of unbranched alkanes of at least 4 members (excludes halogenated alkanes) is 39. The highest BCUT2D eigenvalue weighted by Gasteiger charge is 2.30. The zero-order valence-corrected chi connectivity index (χ0v) is 60.2. The van der Waals surface area contributed by atoms with Crippen LogP contribution in [0.2, 0.25) is 0 Å². The van der Waals surface area contributed by atoms with Crippen molar-refractivity contribution >= 4 is 39.5 Å². The van der Waals surface area contributed by atoms with E-state index in [1.54, 1.807) is 0 Å². The number of phosphoric ester groups is 2. The third-order valence-corrected chi connectivity index (χ3v) is 18.7. The lowest BCUT2D eigenvalue weighted by Crippen LogP contribution is -2.30. The number of phosphoric acid groups is 2. The van der Waals surface area contributed by atoms with Gasteiger partial charge in [0, 0.05) is 25.7 Å². The van der Waals surface area contributed by atoms with E-state index in [0.29, 0.717) is 25.7 Å². The molecule has 0 saturated heterocycles. The second-order valence-corrected chi connectivity index (χ2v) is 29.3. The average molecular weight is 1330 g/mol. The Labute approximate surface area is 549 Å². The van der Waals surface area contributed by atoms with E-state index in [1.165, 1.54) is 173 Å². The molecule has 0 aliphatic rings. The first kappa shape index (κ1) is 88.1. The van der Waals surface area contributed by atoms with Crippen LogP contribution in [0.4, 0.5) is 0 Å². The van der Waals surface area contributed by atoms with Crippen molar-refractivity contribution in [3.8, 4) is 0 Å². The normalized spacial score (nSPS) is 14.4. The van der Waals surface area contributed by atoms with Crippen LogP contribution in [0.3, 0.4) is 0 Å². The second kappa shape index (κ2) is 63.1. The molecule has 0 aromatic rings. The van der Waals surface area contributed by atoms with Gasteiger partial charge in [0.25, 0.3) is 0 Å². The van der Waals surface area contributed by atoms with Gasteiger partial charge in [-0.05, 0) is 37.5 Å². The molecule has 0 aliphatic carbocycles. The van der Waals surface area contributed by atoms with Gasteiger partial charge in [-0.25, -0.2) is 9.13 Å². The van der Waals surface area contributed by atoms with Crippen LogP contribution < -0.4 is 0 Å². The van der Waals surface area contributed by atoms with E-state index in [1.807, 2.05) is 0 Å². The Morgan fingerprint density at radius 2 is 0.567 bits per heavy atom. The standard InChI is InChI=1S/C71H138O17P2/c1-7-10-12-14-16-18-25-29-37-43-49-55-70(75)87-66(59-81-68(73)53-47-41-35-17-15-13-11-8-2)61-85-89(77,78)83-57-65(72)58-84-90(79,80)86-62-67(60-82-69(74)54-48-42-36-32-31-34-40-46-52-64(6)9-3)88-71(76)56-50-44-38-30-27-24-22-20-19-21-23-26-28-33-39-45-51-63(4)5/h63-67,72H,7-62H2,1-6H3,(H,77,78)(H,79,80)/t64?,65-,66+,67+/m0/s1. The van der Waals surface area contributed by atoms with Crippen molar-refractivity contribution in [1.82, 2.24) is 0 Å². The molecular formula is C71H138O17P2. The van der Waals surface area contributed by atoms with E-state index < -0.39 is 97.5 Å². The Balaban J connectivity index is 5.19. The summed E-state index contributed by atoms with van der Waals surface area (Å²) in [4.78, 5) is 72.5. The highest BCUT2D eigenvalue weighted by molar-refractivity contribution is 7.47. The number of esters is 4. The summed E-state index contributed by atoms with van der Waals surface area (Å²) < 4.78 is 68.2. The Morgan fingerprint density at radius 3 is 0.844 bits per heavy atom. The van der Waals surface area contributed by atoms with Gasteiger partial charge in [-0.1, -0.05) is 311 Å². The van der Waals surface area contributed by atoms with Crippen molar-refractivity contribution in [1.29, 1.82) is 0 Å². The van der Waals surface area contributed by atoms with Gasteiger partial charge in [-0.3, -0.25) is 37.3 Å². The lowest BCUT2D eigenvalue weighted by Gasteiger charge is -2.21. The van der Waals surface area contributed by atoms with Gasteiger partial charge in [0.15, 0.2) is 12.2 Å². The third-order valence-electron chi connectivity index (χ3n) is 16.8. The number of hydrogen-bond acceptors (Lipinski definition) is 15. The van der Waals surface area contributed by atoms with Crippen LogP contribution in [-0.4, -0.2) is 96.7 Å². The number of rotatable bonds is 70. The minimum atomic E-state index is -4.95. The molecule has 0 rings (SSSR count). The van der Waals surface area contributed by atoms with E-state index >= 15 is 0 Å². The zero-order chi connectivity index (χ0) is 66.5. The van der Waals surface area contributed by atoms with E-state index in [9.17, 15) is 43.2 Å². The minimum absolute atomic E-state index is 0.107. The molecule has 534 valence electrons. The Kier molecular flexibility index (Phi) is 61.8. The molecular weight excluding hydrogens is 1190 g/mol. The van der Waals surface area contributed by atoms with Gasteiger partial charge in [0.2, 0.25) is 0 Å². The van der Waals surface area contributed by atoms with Crippen LogP contribution in [0, 0.1) is 11.8 Å². The van der Waals surface area contributed by atoms with E-state index in [0.717, 1.165) is 108 Å². The monoisotopic (exact) mass is 1320 g/mol. The molecule has 0 aromatic heterocycles. The average Bonchev–Trinajstić information content (AvgIpc) is 3.16. The molecule has 0 amide bonds. The molecule has 3 N–H and O–H groups in total. The van der Waals surface area contributed by atoms with Crippen LogP contribution in [0.1, 0.15) is 363 Å². The van der Waals surface area contributed by atoms with Crippen molar-refractivity contribution in [3.63, 3.8) is 0 Å². The Bertz CT molecular complexity index is 1750. The first-order chi connectivity index (χ1) is 43.4. The van der Waals surface area contributed by atoms with Gasteiger partial charge < -0.3 is 33.8 Å². The van der Waals surface area contributed by atoms with E-state index in [2.05, 4.69) is 41.5 Å². The first-order valence-corrected chi connectivity index (χ1v) is 40.0. The fourth-order valence-electron chi connectivity index (χ4n) is 10.7. The fourth-order valence-corrected chi connectivity index (χ4v) is 12.3. The lowest BCUT2D eigenvalue weighted by molar-refractivity contribution is -0.161. The van der Waals surface area contributed by atoms with Crippen LogP contribution >= 0.6 is 15.6 Å². The first-order valence-electron chi connectivity index (χ1n) is 37.0. The predicted octanol–water partition coefficient (Wildman–Crippen LogP) is 20.4. The van der Waals surface area contributed by atoms with Crippen molar-refractivity contribution < 1.29 is 80.2 Å². The smallest absolute Gasteiger partial charge is 0.462 e. The number of ether oxygens (including phenoxy) is 4. The number of hydrogen-bond donors (Lipinski definition) is 3. The maximum atomic E-state index is 13.0. The molecule has 3 unspecified atom stereocenters.